The first-order chi connectivity index (χ1) is 17.1. The molecule has 1 atom stereocenters. The van der Waals surface area contributed by atoms with Crippen molar-refractivity contribution in [3.05, 3.63) is 53.3 Å². The number of alkyl halides is 3. The Hall–Kier alpha value is -3.05. The first-order valence-corrected chi connectivity index (χ1v) is 11.8. The van der Waals surface area contributed by atoms with Gasteiger partial charge in [0.05, 0.1) is 6.54 Å². The summed E-state index contributed by atoms with van der Waals surface area (Å²) in [5.41, 5.74) is 1.09. The molecule has 1 aromatic carbocycles. The molecular weight excluding hydrogens is 503 g/mol. The molecule has 0 radical (unpaired) electrons. The number of aliphatic hydroxyl groups excluding tert-OH is 1. The van der Waals surface area contributed by atoms with Crippen LogP contribution in [0, 0.1) is 0 Å². The van der Waals surface area contributed by atoms with Crippen LogP contribution in [0.2, 0.25) is 5.02 Å². The van der Waals surface area contributed by atoms with E-state index in [0.717, 1.165) is 18.5 Å². The van der Waals surface area contributed by atoms with Gasteiger partial charge < -0.3 is 24.8 Å². The number of nitrogens with one attached hydrogen (secondary N) is 1. The second-order valence-corrected chi connectivity index (χ2v) is 8.77. The van der Waals surface area contributed by atoms with Gasteiger partial charge in [-0.2, -0.15) is 13.2 Å². The van der Waals surface area contributed by atoms with Crippen molar-refractivity contribution in [1.29, 1.82) is 0 Å². The molecule has 1 unspecified atom stereocenters. The molecule has 1 aliphatic carbocycles. The van der Waals surface area contributed by atoms with Crippen LogP contribution in [-0.2, 0) is 9.53 Å². The van der Waals surface area contributed by atoms with E-state index in [1.54, 1.807) is 18.5 Å². The van der Waals surface area contributed by atoms with Gasteiger partial charge in [0, 0.05) is 41.3 Å². The van der Waals surface area contributed by atoms with Crippen molar-refractivity contribution in [2.45, 2.75) is 44.0 Å². The van der Waals surface area contributed by atoms with Crippen molar-refractivity contribution in [3.63, 3.8) is 0 Å². The minimum atomic E-state index is -5.16. The largest absolute Gasteiger partial charge is 0.492 e. The van der Waals surface area contributed by atoms with E-state index in [2.05, 4.69) is 15.0 Å². The number of benzene rings is 1. The van der Waals surface area contributed by atoms with E-state index in [4.69, 9.17) is 16.3 Å². The summed E-state index contributed by atoms with van der Waals surface area (Å²) >= 11 is 6.21. The third-order valence-electron chi connectivity index (χ3n) is 5.57. The normalized spacial score (nSPS) is 14.8. The van der Waals surface area contributed by atoms with Crippen molar-refractivity contribution in [2.24, 2.45) is 0 Å². The van der Waals surface area contributed by atoms with Crippen molar-refractivity contribution < 1.29 is 37.3 Å². The third-order valence-corrected chi connectivity index (χ3v) is 5.79. The highest BCUT2D eigenvalue weighted by Gasteiger charge is 2.41. The Morgan fingerprint density at radius 3 is 2.56 bits per heavy atom. The molecule has 2 N–H and O–H groups in total. The summed E-state index contributed by atoms with van der Waals surface area (Å²) in [6, 6.07) is 7.97. The quantitative estimate of drug-likeness (QED) is 0.334. The van der Waals surface area contributed by atoms with Gasteiger partial charge >= 0.3 is 12.1 Å². The number of hydrogen-bond donors (Lipinski definition) is 2. The first kappa shape index (κ1) is 27.5. The molecule has 1 fully saturated rings. The molecule has 1 saturated carbocycles. The van der Waals surface area contributed by atoms with Gasteiger partial charge in [-0.3, -0.25) is 9.78 Å². The fourth-order valence-electron chi connectivity index (χ4n) is 3.92. The van der Waals surface area contributed by atoms with Crippen molar-refractivity contribution >= 4 is 29.2 Å². The zero-order chi connectivity index (χ0) is 26.1. The van der Waals surface area contributed by atoms with Crippen molar-refractivity contribution in [2.75, 3.05) is 31.6 Å². The number of rotatable bonds is 11. The summed E-state index contributed by atoms with van der Waals surface area (Å²) in [4.78, 5) is 29.7. The summed E-state index contributed by atoms with van der Waals surface area (Å²) in [6.07, 6.45) is -0.210. The minimum Gasteiger partial charge on any atom is -0.492 e. The van der Waals surface area contributed by atoms with Crippen LogP contribution in [0.25, 0.3) is 0 Å². The molecule has 1 amide bonds. The molecule has 8 nitrogen and oxygen atoms in total. The van der Waals surface area contributed by atoms with E-state index >= 15 is 0 Å². The molecule has 12 heteroatoms. The summed E-state index contributed by atoms with van der Waals surface area (Å²) in [5, 5.41) is 13.7. The molecule has 0 spiro atoms. The number of esters is 1. The van der Waals surface area contributed by atoms with E-state index in [1.165, 1.54) is 17.0 Å². The number of aliphatic hydroxyl groups is 1. The van der Waals surface area contributed by atoms with E-state index in [1.807, 2.05) is 12.1 Å². The summed E-state index contributed by atoms with van der Waals surface area (Å²) < 4.78 is 47.0. The SMILES string of the molecule is O=C(c1cc(Cl)cc(OCCNc2ccncc2)c1)N(CC(O)COC(=O)C(F)(F)F)C1CCCC1. The van der Waals surface area contributed by atoms with Gasteiger partial charge in [0.2, 0.25) is 0 Å². The average molecular weight is 530 g/mol. The van der Waals surface area contributed by atoms with Crippen LogP contribution < -0.4 is 10.1 Å². The molecule has 0 bridgehead atoms. The predicted molar refractivity (Wildman–Crippen MR) is 126 cm³/mol. The maximum atomic E-state index is 13.4. The van der Waals surface area contributed by atoms with Crippen LogP contribution in [0.15, 0.2) is 42.7 Å². The predicted octanol–water partition coefficient (Wildman–Crippen LogP) is 4.08. The lowest BCUT2D eigenvalue weighted by atomic mass is 10.1. The number of pyridine rings is 1. The van der Waals surface area contributed by atoms with E-state index in [-0.39, 0.29) is 29.8 Å². The maximum Gasteiger partial charge on any atom is 0.490 e. The number of halogens is 4. The number of carbonyl (C=O) groups is 2. The number of hydrogen-bond acceptors (Lipinski definition) is 7. The first-order valence-electron chi connectivity index (χ1n) is 11.4. The Kier molecular flexibility index (Phi) is 9.77. The van der Waals surface area contributed by atoms with Crippen LogP contribution in [0.5, 0.6) is 5.75 Å². The van der Waals surface area contributed by atoms with Gasteiger partial charge in [-0.15, -0.1) is 0 Å². The lowest BCUT2D eigenvalue weighted by molar-refractivity contribution is -0.202. The lowest BCUT2D eigenvalue weighted by Crippen LogP contribution is -2.45. The molecule has 2 aromatic rings. The molecule has 1 aliphatic rings. The van der Waals surface area contributed by atoms with Crippen LogP contribution in [-0.4, -0.2) is 71.5 Å². The Bertz CT molecular complexity index is 1020. The fourth-order valence-corrected chi connectivity index (χ4v) is 4.14. The van der Waals surface area contributed by atoms with Crippen LogP contribution in [0.3, 0.4) is 0 Å². The fraction of sp³-hybridized carbons (Fsp3) is 0.458. The highest BCUT2D eigenvalue weighted by molar-refractivity contribution is 6.31. The standard InChI is InChI=1S/C24H27ClF3N3O5/c25-17-11-16(12-21(13-17)35-10-9-30-18-5-7-29-8-6-18)22(33)31(19-3-1-2-4-19)14-20(32)15-36-23(34)24(26,27)28/h5-8,11-13,19-20,32H,1-4,9-10,14-15H2,(H,29,30). The zero-order valence-corrected chi connectivity index (χ0v) is 20.1. The van der Waals surface area contributed by atoms with E-state index < -0.39 is 30.8 Å². The summed E-state index contributed by atoms with van der Waals surface area (Å²) in [5.74, 6) is -2.48. The minimum absolute atomic E-state index is 0.210. The van der Waals surface area contributed by atoms with Gasteiger partial charge in [0.15, 0.2) is 0 Å². The lowest BCUT2D eigenvalue weighted by Gasteiger charge is -2.31. The topological polar surface area (TPSA) is 101 Å². The monoisotopic (exact) mass is 529 g/mol. The summed E-state index contributed by atoms with van der Waals surface area (Å²) in [6.45, 7) is -0.417. The Labute approximate surface area is 211 Å². The smallest absolute Gasteiger partial charge is 0.490 e. The molecule has 0 saturated heterocycles. The van der Waals surface area contributed by atoms with Crippen molar-refractivity contribution in [1.82, 2.24) is 9.88 Å². The number of amides is 1. The zero-order valence-electron chi connectivity index (χ0n) is 19.3. The molecule has 1 aromatic heterocycles. The molecule has 0 aliphatic heterocycles. The summed E-state index contributed by atoms with van der Waals surface area (Å²) in [7, 11) is 0. The molecule has 36 heavy (non-hydrogen) atoms. The van der Waals surface area contributed by atoms with Crippen LogP contribution >= 0.6 is 11.6 Å². The number of carbonyl (C=O) groups excluding carboxylic acids is 2. The van der Waals surface area contributed by atoms with Gasteiger partial charge in [-0.05, 0) is 43.2 Å². The molecule has 1 heterocycles. The maximum absolute atomic E-state index is 13.4. The van der Waals surface area contributed by atoms with Gasteiger partial charge in [0.25, 0.3) is 5.91 Å². The Balaban J connectivity index is 1.64. The van der Waals surface area contributed by atoms with Gasteiger partial charge in [-0.25, -0.2) is 4.79 Å². The van der Waals surface area contributed by atoms with Crippen LogP contribution in [0.1, 0.15) is 36.0 Å². The average Bonchev–Trinajstić information content (AvgIpc) is 3.37. The second kappa shape index (κ2) is 12.8. The van der Waals surface area contributed by atoms with Gasteiger partial charge in [-0.1, -0.05) is 24.4 Å². The Morgan fingerprint density at radius 2 is 1.89 bits per heavy atom. The van der Waals surface area contributed by atoms with E-state index in [9.17, 15) is 27.9 Å². The third kappa shape index (κ3) is 8.27. The Morgan fingerprint density at radius 1 is 1.19 bits per heavy atom. The molecule has 3 rings (SSSR count). The number of aromatic nitrogens is 1. The highest BCUT2D eigenvalue weighted by Crippen LogP contribution is 2.28. The van der Waals surface area contributed by atoms with E-state index in [0.29, 0.717) is 25.1 Å². The second-order valence-electron chi connectivity index (χ2n) is 8.33. The molecular formula is C24H27ClF3N3O5. The highest BCUT2D eigenvalue weighted by atomic mass is 35.5. The number of nitrogens with zero attached hydrogens (tertiary/aromatic N) is 2. The number of anilines is 1. The van der Waals surface area contributed by atoms with Crippen molar-refractivity contribution in [3.8, 4) is 5.75 Å². The van der Waals surface area contributed by atoms with Gasteiger partial charge in [0.1, 0.15) is 25.1 Å². The number of ether oxygens (including phenoxy) is 2. The van der Waals surface area contributed by atoms with Crippen LogP contribution in [0.4, 0.5) is 18.9 Å². The molecule has 196 valence electrons.